The number of hydrogen-bond acceptors (Lipinski definition) is 4. The first-order chi connectivity index (χ1) is 9.72. The molecular formula is C15H16FN3S. The van der Waals surface area contributed by atoms with E-state index in [1.165, 1.54) is 23.4 Å². The molecular weight excluding hydrogens is 273 g/mol. The van der Waals surface area contributed by atoms with Gasteiger partial charge < -0.3 is 5.32 Å². The van der Waals surface area contributed by atoms with Crippen LogP contribution in [0.25, 0.3) is 0 Å². The Kier molecular flexibility index (Phi) is 3.98. The van der Waals surface area contributed by atoms with Gasteiger partial charge in [0, 0.05) is 35.7 Å². The van der Waals surface area contributed by atoms with Gasteiger partial charge in [-0.25, -0.2) is 14.4 Å². The summed E-state index contributed by atoms with van der Waals surface area (Å²) in [5.74, 6) is 1.37. The summed E-state index contributed by atoms with van der Waals surface area (Å²) in [5, 5.41) is 3.34. The second-order valence-corrected chi connectivity index (χ2v) is 5.87. The van der Waals surface area contributed by atoms with Crippen molar-refractivity contribution in [2.75, 3.05) is 6.54 Å². The number of aryl methyl sites for hydroxylation is 1. The average Bonchev–Trinajstić information content (AvgIpc) is 2.47. The molecule has 0 atom stereocenters. The normalized spacial score (nSPS) is 14.1. The van der Waals surface area contributed by atoms with Crippen LogP contribution in [-0.4, -0.2) is 16.5 Å². The van der Waals surface area contributed by atoms with Gasteiger partial charge in [0.1, 0.15) is 11.6 Å². The maximum Gasteiger partial charge on any atom is 0.139 e. The summed E-state index contributed by atoms with van der Waals surface area (Å²) in [6, 6.07) is 6.53. The molecule has 2 heterocycles. The lowest BCUT2D eigenvalue weighted by atomic mass is 10.1. The van der Waals surface area contributed by atoms with Crippen LogP contribution >= 0.6 is 11.8 Å². The Hall–Kier alpha value is -1.46. The second-order valence-electron chi connectivity index (χ2n) is 4.82. The van der Waals surface area contributed by atoms with E-state index in [1.807, 2.05) is 6.92 Å². The predicted octanol–water partition coefficient (Wildman–Crippen LogP) is 2.86. The zero-order chi connectivity index (χ0) is 13.9. The van der Waals surface area contributed by atoms with Crippen LogP contribution in [-0.2, 0) is 18.7 Å². The first-order valence-electron chi connectivity index (χ1n) is 6.67. The van der Waals surface area contributed by atoms with Crippen LogP contribution in [0.3, 0.4) is 0 Å². The second kappa shape index (κ2) is 5.89. The minimum absolute atomic E-state index is 0.206. The van der Waals surface area contributed by atoms with Gasteiger partial charge in [0.2, 0.25) is 0 Å². The molecule has 0 unspecified atom stereocenters. The van der Waals surface area contributed by atoms with E-state index in [0.717, 1.165) is 35.9 Å². The summed E-state index contributed by atoms with van der Waals surface area (Å²) >= 11 is 1.63. The number of nitrogens with one attached hydrogen (secondary N) is 1. The maximum absolute atomic E-state index is 12.9. The zero-order valence-electron chi connectivity index (χ0n) is 11.3. The van der Waals surface area contributed by atoms with Crippen LogP contribution in [0.1, 0.15) is 22.8 Å². The van der Waals surface area contributed by atoms with Gasteiger partial charge in [0.15, 0.2) is 0 Å². The summed E-state index contributed by atoms with van der Waals surface area (Å²) in [7, 11) is 0. The number of aromatic nitrogens is 2. The molecule has 3 nitrogen and oxygen atoms in total. The summed E-state index contributed by atoms with van der Waals surface area (Å²) in [5.41, 5.74) is 3.48. The van der Waals surface area contributed by atoms with Gasteiger partial charge in [-0.2, -0.15) is 0 Å². The van der Waals surface area contributed by atoms with Crippen molar-refractivity contribution in [1.29, 1.82) is 0 Å². The van der Waals surface area contributed by atoms with Gasteiger partial charge in [-0.3, -0.25) is 0 Å². The summed E-state index contributed by atoms with van der Waals surface area (Å²) in [6.45, 7) is 3.89. The number of benzene rings is 1. The molecule has 1 N–H and O–H groups in total. The molecule has 104 valence electrons. The summed E-state index contributed by atoms with van der Waals surface area (Å²) in [4.78, 5) is 10.3. The van der Waals surface area contributed by atoms with E-state index in [1.54, 1.807) is 23.9 Å². The number of hydrogen-bond donors (Lipinski definition) is 1. The average molecular weight is 289 g/mol. The van der Waals surface area contributed by atoms with E-state index < -0.39 is 0 Å². The lowest BCUT2D eigenvalue weighted by Gasteiger charge is -2.18. The molecule has 1 aromatic carbocycles. The largest absolute Gasteiger partial charge is 0.312 e. The Morgan fingerprint density at radius 3 is 2.85 bits per heavy atom. The van der Waals surface area contributed by atoms with Gasteiger partial charge in [-0.05, 0) is 31.2 Å². The molecule has 0 saturated carbocycles. The first kappa shape index (κ1) is 13.5. The van der Waals surface area contributed by atoms with Crippen LogP contribution in [0, 0.1) is 12.7 Å². The van der Waals surface area contributed by atoms with Crippen molar-refractivity contribution in [3.05, 3.63) is 52.9 Å². The molecule has 0 bridgehead atoms. The highest BCUT2D eigenvalue weighted by molar-refractivity contribution is 7.98. The van der Waals surface area contributed by atoms with Crippen LogP contribution in [0.15, 0.2) is 29.2 Å². The fraction of sp³-hybridized carbons (Fsp3) is 0.333. The molecule has 0 radical (unpaired) electrons. The van der Waals surface area contributed by atoms with Crippen molar-refractivity contribution in [2.24, 2.45) is 0 Å². The lowest BCUT2D eigenvalue weighted by molar-refractivity contribution is 0.617. The minimum atomic E-state index is -0.206. The Morgan fingerprint density at radius 2 is 2.05 bits per heavy atom. The predicted molar refractivity (Wildman–Crippen MR) is 78.1 cm³/mol. The third-order valence-corrected chi connectivity index (χ3v) is 4.38. The molecule has 2 aromatic rings. The smallest absolute Gasteiger partial charge is 0.139 e. The molecule has 3 rings (SSSR count). The van der Waals surface area contributed by atoms with E-state index in [2.05, 4.69) is 15.3 Å². The Morgan fingerprint density at radius 1 is 1.25 bits per heavy atom. The third kappa shape index (κ3) is 2.99. The molecule has 1 aliphatic heterocycles. The highest BCUT2D eigenvalue weighted by Crippen LogP contribution is 2.23. The van der Waals surface area contributed by atoms with Gasteiger partial charge >= 0.3 is 0 Å². The zero-order valence-corrected chi connectivity index (χ0v) is 12.1. The van der Waals surface area contributed by atoms with Crippen LogP contribution < -0.4 is 5.32 Å². The van der Waals surface area contributed by atoms with Crippen molar-refractivity contribution in [2.45, 2.75) is 30.5 Å². The number of rotatable bonds is 3. The van der Waals surface area contributed by atoms with Crippen LogP contribution in [0.2, 0.25) is 0 Å². The van der Waals surface area contributed by atoms with Gasteiger partial charge in [0.25, 0.3) is 0 Å². The van der Waals surface area contributed by atoms with Crippen molar-refractivity contribution in [3.8, 4) is 0 Å². The first-order valence-corrected chi connectivity index (χ1v) is 7.65. The van der Waals surface area contributed by atoms with E-state index >= 15 is 0 Å². The third-order valence-electron chi connectivity index (χ3n) is 3.37. The molecule has 0 saturated heterocycles. The SMILES string of the molecule is Cc1nc(CSc2ccc(F)cc2)nc2c1CNCC2. The van der Waals surface area contributed by atoms with Crippen molar-refractivity contribution < 1.29 is 4.39 Å². The molecule has 0 fully saturated rings. The number of nitrogens with zero attached hydrogens (tertiary/aromatic N) is 2. The number of thioether (sulfide) groups is 1. The highest BCUT2D eigenvalue weighted by Gasteiger charge is 2.15. The fourth-order valence-corrected chi connectivity index (χ4v) is 3.07. The van der Waals surface area contributed by atoms with Gasteiger partial charge in [-0.1, -0.05) is 0 Å². The standard InChI is InChI=1S/C15H16FN3S/c1-10-13-8-17-7-6-14(13)19-15(18-10)9-20-12-4-2-11(16)3-5-12/h2-5,17H,6-9H2,1H3. The molecule has 1 aliphatic rings. The summed E-state index contributed by atoms with van der Waals surface area (Å²) in [6.07, 6.45) is 0.965. The van der Waals surface area contributed by atoms with E-state index in [-0.39, 0.29) is 5.82 Å². The topological polar surface area (TPSA) is 37.8 Å². The molecule has 1 aromatic heterocycles. The highest BCUT2D eigenvalue weighted by atomic mass is 32.2. The monoisotopic (exact) mass is 289 g/mol. The Bertz CT molecular complexity index is 613. The maximum atomic E-state index is 12.9. The van der Waals surface area contributed by atoms with Crippen LogP contribution in [0.4, 0.5) is 4.39 Å². The van der Waals surface area contributed by atoms with Gasteiger partial charge in [0.05, 0.1) is 11.4 Å². The van der Waals surface area contributed by atoms with E-state index in [4.69, 9.17) is 0 Å². The summed E-state index contributed by atoms with van der Waals surface area (Å²) < 4.78 is 12.9. The quantitative estimate of drug-likeness (QED) is 0.882. The Labute approximate surface area is 122 Å². The molecule has 0 aliphatic carbocycles. The molecule has 0 spiro atoms. The lowest BCUT2D eigenvalue weighted by Crippen LogP contribution is -2.26. The van der Waals surface area contributed by atoms with E-state index in [0.29, 0.717) is 5.75 Å². The number of fused-ring (bicyclic) bond motifs is 1. The minimum Gasteiger partial charge on any atom is -0.312 e. The molecule has 0 amide bonds. The molecule has 20 heavy (non-hydrogen) atoms. The molecule has 5 heteroatoms. The Balaban J connectivity index is 1.74. The number of halogens is 1. The van der Waals surface area contributed by atoms with Crippen molar-refractivity contribution in [1.82, 2.24) is 15.3 Å². The van der Waals surface area contributed by atoms with Crippen LogP contribution in [0.5, 0.6) is 0 Å². The van der Waals surface area contributed by atoms with Crippen molar-refractivity contribution >= 4 is 11.8 Å². The fourth-order valence-electron chi connectivity index (χ4n) is 2.32. The van der Waals surface area contributed by atoms with E-state index in [9.17, 15) is 4.39 Å². The van der Waals surface area contributed by atoms with Gasteiger partial charge in [-0.15, -0.1) is 11.8 Å². The van der Waals surface area contributed by atoms with Crippen molar-refractivity contribution in [3.63, 3.8) is 0 Å².